The van der Waals surface area contributed by atoms with Crippen LogP contribution in [0.1, 0.15) is 56.3 Å². The zero-order chi connectivity index (χ0) is 34.1. The number of carboxylic acid groups (broad SMARTS) is 1. The number of aliphatic hydroxyl groups is 1. The Balaban J connectivity index is 1.33. The maximum atomic E-state index is 13.9. The third-order valence-electron chi connectivity index (χ3n) is 9.36. The first-order valence-corrected chi connectivity index (χ1v) is 15.9. The summed E-state index contributed by atoms with van der Waals surface area (Å²) in [5.41, 5.74) is 0.252. The van der Waals surface area contributed by atoms with Gasteiger partial charge in [0.15, 0.2) is 0 Å². The maximum absolute atomic E-state index is 13.9. The van der Waals surface area contributed by atoms with Crippen LogP contribution >= 0.6 is 0 Å². The normalized spacial score (nSPS) is 26.8. The lowest BCUT2D eigenvalue weighted by atomic mass is 9.86. The minimum Gasteiger partial charge on any atom is -0.479 e. The second-order valence-electron chi connectivity index (χ2n) is 13.8. The number of fused-ring (bicyclic) bond motifs is 1. The van der Waals surface area contributed by atoms with E-state index in [1.54, 1.807) is 20.8 Å². The highest BCUT2D eigenvalue weighted by molar-refractivity contribution is 5.95. The number of aliphatic hydroxyl groups excluding tert-OH is 1. The number of rotatable bonds is 10. The van der Waals surface area contributed by atoms with Crippen LogP contribution in [0.4, 0.5) is 4.79 Å². The molecule has 1 aliphatic heterocycles. The predicted octanol–water partition coefficient (Wildman–Crippen LogP) is 1.83. The highest BCUT2D eigenvalue weighted by Crippen LogP contribution is 2.45. The van der Waals surface area contributed by atoms with Crippen molar-refractivity contribution in [3.8, 4) is 0 Å². The average molecular weight is 646 g/mol. The van der Waals surface area contributed by atoms with Gasteiger partial charge >= 0.3 is 12.0 Å². The molecule has 12 heteroatoms. The number of carboxylic acids is 1. The van der Waals surface area contributed by atoms with Crippen LogP contribution in [0, 0.1) is 11.3 Å². The lowest BCUT2D eigenvalue weighted by Gasteiger charge is -2.34. The van der Waals surface area contributed by atoms with Gasteiger partial charge in [-0.25, -0.2) is 9.59 Å². The molecule has 0 radical (unpaired) electrons. The van der Waals surface area contributed by atoms with Gasteiger partial charge in [-0.2, -0.15) is 0 Å². The highest BCUT2D eigenvalue weighted by atomic mass is 16.4. The van der Waals surface area contributed by atoms with Gasteiger partial charge in [-0.1, -0.05) is 81.4 Å². The van der Waals surface area contributed by atoms with Gasteiger partial charge in [-0.15, -0.1) is 6.58 Å². The number of nitrogens with one attached hydrogen (secondary N) is 4. The minimum absolute atomic E-state index is 0.0391. The second-order valence-corrected chi connectivity index (χ2v) is 13.8. The Kier molecular flexibility index (Phi) is 9.44. The summed E-state index contributed by atoms with van der Waals surface area (Å²) in [6.45, 7) is 8.99. The molecule has 5 amide bonds. The summed E-state index contributed by atoms with van der Waals surface area (Å²) in [4.78, 5) is 67.6. The zero-order valence-corrected chi connectivity index (χ0v) is 26.9. The van der Waals surface area contributed by atoms with Crippen LogP contribution in [0.3, 0.4) is 0 Å². The Bertz CT molecular complexity index is 1560. The highest BCUT2D eigenvalue weighted by Gasteiger charge is 2.61. The Hall–Kier alpha value is -4.71. The molecule has 7 atom stereocenters. The fourth-order valence-electron chi connectivity index (χ4n) is 6.66. The topological polar surface area (TPSA) is 177 Å². The van der Waals surface area contributed by atoms with Crippen LogP contribution in [0.5, 0.6) is 0 Å². The van der Waals surface area contributed by atoms with Gasteiger partial charge in [0.2, 0.25) is 17.7 Å². The second kappa shape index (κ2) is 13.2. The van der Waals surface area contributed by atoms with Crippen molar-refractivity contribution in [2.24, 2.45) is 11.3 Å². The van der Waals surface area contributed by atoms with E-state index in [2.05, 4.69) is 27.8 Å². The van der Waals surface area contributed by atoms with Crippen LogP contribution in [-0.4, -0.2) is 81.1 Å². The summed E-state index contributed by atoms with van der Waals surface area (Å²) in [6, 6.07) is 12.4. The molecule has 2 fully saturated rings. The van der Waals surface area contributed by atoms with E-state index in [9.17, 15) is 34.2 Å². The molecule has 1 heterocycles. The number of carbonyl (C=O) groups excluding carboxylic acids is 4. The Morgan fingerprint density at radius 1 is 1.04 bits per heavy atom. The van der Waals surface area contributed by atoms with E-state index < -0.39 is 71.0 Å². The summed E-state index contributed by atoms with van der Waals surface area (Å²) in [5.74, 6) is -3.12. The van der Waals surface area contributed by atoms with Crippen molar-refractivity contribution >= 4 is 29.7 Å². The summed E-state index contributed by atoms with van der Waals surface area (Å²) in [6.07, 6.45) is 1.36. The van der Waals surface area contributed by atoms with Crippen LogP contribution < -0.4 is 21.3 Å². The van der Waals surface area contributed by atoms with E-state index in [4.69, 9.17) is 0 Å². The van der Waals surface area contributed by atoms with Crippen molar-refractivity contribution in [1.29, 1.82) is 0 Å². The molecule has 12 nitrogen and oxygen atoms in total. The molecule has 0 spiro atoms. The quantitative estimate of drug-likeness (QED) is 0.214. The van der Waals surface area contributed by atoms with Crippen molar-refractivity contribution in [2.45, 2.75) is 82.3 Å². The van der Waals surface area contributed by atoms with Crippen LogP contribution in [0.25, 0.3) is 0 Å². The molecule has 0 bridgehead atoms. The Morgan fingerprint density at radius 3 is 2.36 bits per heavy atom. The number of nitrogens with zero attached hydrogens (tertiary/aromatic N) is 1. The van der Waals surface area contributed by atoms with Crippen molar-refractivity contribution < 1.29 is 34.2 Å². The van der Waals surface area contributed by atoms with Gasteiger partial charge < -0.3 is 36.4 Å². The minimum atomic E-state index is -1.51. The first-order chi connectivity index (χ1) is 22.2. The van der Waals surface area contributed by atoms with Gasteiger partial charge in [0.05, 0.1) is 18.6 Å². The standard InChI is InChI=1S/C35H43N5O7/c1-5-22-18-35(22,32(45)46)39-30(43)25-17-23(36-27(42)15-20-11-7-6-8-12-20)19-40(25)33(47)38-29(34(2,3)4)31(44)37-28-24-14-10-9-13-21(24)16-26(28)41/h5-14,22-23,25-26,28-29,41H,1,15-19H2,2-4H3,(H,36,42)(H,37,44)(H,38,47)(H,39,43)(H,45,46)/t22?,23-,25+,26-,28?,29-,35?/m1/s1. The van der Waals surface area contributed by atoms with E-state index in [-0.39, 0.29) is 31.7 Å². The lowest BCUT2D eigenvalue weighted by molar-refractivity contribution is -0.144. The predicted molar refractivity (Wildman–Crippen MR) is 173 cm³/mol. The van der Waals surface area contributed by atoms with Gasteiger partial charge in [-0.05, 0) is 34.9 Å². The maximum Gasteiger partial charge on any atom is 0.330 e. The number of hydrogen-bond donors (Lipinski definition) is 6. The molecule has 1 saturated carbocycles. The molecule has 0 aromatic heterocycles. The van der Waals surface area contributed by atoms with Gasteiger partial charge in [-0.3, -0.25) is 14.4 Å². The van der Waals surface area contributed by atoms with Crippen LogP contribution in [0.15, 0.2) is 67.3 Å². The smallest absolute Gasteiger partial charge is 0.330 e. The molecular formula is C35H43N5O7. The summed E-state index contributed by atoms with van der Waals surface area (Å²) in [7, 11) is 0. The fraction of sp³-hybridized carbons (Fsp3) is 0.457. The lowest BCUT2D eigenvalue weighted by Crippen LogP contribution is -2.60. The van der Waals surface area contributed by atoms with E-state index in [0.29, 0.717) is 6.42 Å². The van der Waals surface area contributed by atoms with E-state index in [1.807, 2.05) is 54.6 Å². The molecule has 2 aliphatic carbocycles. The summed E-state index contributed by atoms with van der Waals surface area (Å²) >= 11 is 0. The third kappa shape index (κ3) is 7.17. The molecule has 2 aromatic carbocycles. The number of amides is 5. The van der Waals surface area contributed by atoms with E-state index in [1.165, 1.54) is 11.0 Å². The van der Waals surface area contributed by atoms with Gasteiger partial charge in [0.1, 0.15) is 17.6 Å². The van der Waals surface area contributed by atoms with Gasteiger partial charge in [0.25, 0.3) is 0 Å². The number of hydrogen-bond acceptors (Lipinski definition) is 6. The van der Waals surface area contributed by atoms with Crippen molar-refractivity contribution in [3.05, 3.63) is 83.9 Å². The molecule has 6 N–H and O–H groups in total. The summed E-state index contributed by atoms with van der Waals surface area (Å²) in [5, 5.41) is 31.8. The largest absolute Gasteiger partial charge is 0.479 e. The number of aliphatic carboxylic acids is 1. The SMILES string of the molecule is C=CC1CC1(NC(=O)[C@@H]1C[C@@H](NC(=O)Cc2ccccc2)CN1C(=O)N[C@H](C(=O)NC1c2ccccc2C[C@H]1O)C(C)(C)C)C(=O)O. The molecule has 47 heavy (non-hydrogen) atoms. The number of urea groups is 1. The monoisotopic (exact) mass is 645 g/mol. The Morgan fingerprint density at radius 2 is 1.72 bits per heavy atom. The molecule has 5 rings (SSSR count). The first-order valence-electron chi connectivity index (χ1n) is 15.9. The van der Waals surface area contributed by atoms with Gasteiger partial charge in [0, 0.05) is 24.9 Å². The molecule has 2 aromatic rings. The number of likely N-dealkylation sites (tertiary alicyclic amines) is 1. The average Bonchev–Trinajstić information content (AvgIpc) is 3.43. The van der Waals surface area contributed by atoms with Crippen molar-refractivity contribution in [2.75, 3.05) is 6.54 Å². The summed E-state index contributed by atoms with van der Waals surface area (Å²) < 4.78 is 0. The number of carbonyl (C=O) groups is 5. The first kappa shape index (κ1) is 33.6. The number of benzene rings is 2. The fourth-order valence-corrected chi connectivity index (χ4v) is 6.66. The van der Waals surface area contributed by atoms with E-state index in [0.717, 1.165) is 16.7 Å². The molecule has 3 unspecified atom stereocenters. The molecule has 250 valence electrons. The third-order valence-corrected chi connectivity index (χ3v) is 9.36. The molecular weight excluding hydrogens is 602 g/mol. The van der Waals surface area contributed by atoms with Crippen LogP contribution in [-0.2, 0) is 32.0 Å². The Labute approximate surface area is 274 Å². The van der Waals surface area contributed by atoms with Crippen molar-refractivity contribution in [3.63, 3.8) is 0 Å². The van der Waals surface area contributed by atoms with Crippen molar-refractivity contribution in [1.82, 2.24) is 26.2 Å². The molecule has 3 aliphatic rings. The van der Waals surface area contributed by atoms with Crippen LogP contribution in [0.2, 0.25) is 0 Å². The zero-order valence-electron chi connectivity index (χ0n) is 26.9. The van der Waals surface area contributed by atoms with E-state index >= 15 is 0 Å². The molecule has 1 saturated heterocycles.